The third kappa shape index (κ3) is 4.27. The molecule has 0 unspecified atom stereocenters. The molecule has 0 saturated heterocycles. The fourth-order valence-electron chi connectivity index (χ4n) is 2.67. The number of urea groups is 1. The smallest absolute Gasteiger partial charge is 0.338 e. The van der Waals surface area contributed by atoms with Crippen molar-refractivity contribution in [2.45, 2.75) is 39.8 Å². The van der Waals surface area contributed by atoms with Crippen molar-refractivity contribution in [1.29, 1.82) is 0 Å². The van der Waals surface area contributed by atoms with E-state index in [1.54, 1.807) is 20.8 Å². The minimum Gasteiger partial charge on any atom is -0.865 e. The van der Waals surface area contributed by atoms with Crippen molar-refractivity contribution in [3.05, 3.63) is 39.1 Å². The van der Waals surface area contributed by atoms with E-state index < -0.39 is 40.5 Å². The highest BCUT2D eigenvalue weighted by atomic mass is 16.6. The van der Waals surface area contributed by atoms with E-state index in [4.69, 9.17) is 9.47 Å². The number of nitro groups is 1. The summed E-state index contributed by atoms with van der Waals surface area (Å²) >= 11 is 0. The Morgan fingerprint density at radius 1 is 1.37 bits per heavy atom. The predicted octanol–water partition coefficient (Wildman–Crippen LogP) is 1.65. The fraction of sp³-hybridized carbons (Fsp3) is 0.412. The average Bonchev–Trinajstić information content (AvgIpc) is 2.55. The zero-order chi connectivity index (χ0) is 20.3. The third-order valence-corrected chi connectivity index (χ3v) is 3.72. The van der Waals surface area contributed by atoms with Gasteiger partial charge in [0.2, 0.25) is 0 Å². The number of carbonyl (C=O) groups is 2. The Balaban J connectivity index is 2.61. The summed E-state index contributed by atoms with van der Waals surface area (Å²) in [7, 11) is 0. The van der Waals surface area contributed by atoms with Gasteiger partial charge < -0.3 is 25.2 Å². The normalized spacial score (nSPS) is 16.6. The van der Waals surface area contributed by atoms with Gasteiger partial charge in [-0.1, -0.05) is 0 Å². The van der Waals surface area contributed by atoms with Gasteiger partial charge in [-0.3, -0.25) is 10.1 Å². The summed E-state index contributed by atoms with van der Waals surface area (Å²) in [5, 5.41) is 28.4. The van der Waals surface area contributed by atoms with Crippen LogP contribution in [0.15, 0.2) is 23.4 Å². The maximum atomic E-state index is 12.5. The standard InChI is InChI=1S/C17H21N3O7/c1-5-26-12-7-10(6-11(15(12)21)20(24)25)14-13(16(22)27-8(2)3)9(4)18-17(23)19-14/h6-8,14,21H,5H2,1-4H3,(H2,18,19,23)/p-1/t14-/m0/s1. The number of amides is 2. The summed E-state index contributed by atoms with van der Waals surface area (Å²) in [5.74, 6) is -1.80. The second-order valence-electron chi connectivity index (χ2n) is 6.08. The van der Waals surface area contributed by atoms with E-state index in [9.17, 15) is 24.8 Å². The first-order valence-corrected chi connectivity index (χ1v) is 8.27. The highest BCUT2D eigenvalue weighted by Crippen LogP contribution is 2.39. The minimum absolute atomic E-state index is 0.0821. The lowest BCUT2D eigenvalue weighted by atomic mass is 9.94. The molecule has 0 saturated carbocycles. The van der Waals surface area contributed by atoms with Gasteiger partial charge in [0, 0.05) is 17.5 Å². The van der Waals surface area contributed by atoms with Gasteiger partial charge in [-0.15, -0.1) is 0 Å². The summed E-state index contributed by atoms with van der Waals surface area (Å²) in [5.41, 5.74) is -0.215. The number of allylic oxidation sites excluding steroid dienone is 1. The van der Waals surface area contributed by atoms with Crippen LogP contribution in [0.2, 0.25) is 0 Å². The van der Waals surface area contributed by atoms with Crippen molar-refractivity contribution in [3.63, 3.8) is 0 Å². The molecule has 2 rings (SSSR count). The Morgan fingerprint density at radius 2 is 2.04 bits per heavy atom. The summed E-state index contributed by atoms with van der Waals surface area (Å²) < 4.78 is 10.4. The van der Waals surface area contributed by atoms with Crippen LogP contribution >= 0.6 is 0 Å². The van der Waals surface area contributed by atoms with Crippen molar-refractivity contribution in [3.8, 4) is 11.5 Å². The number of hydrogen-bond acceptors (Lipinski definition) is 7. The molecule has 0 aliphatic carbocycles. The molecule has 0 spiro atoms. The molecular weight excluding hydrogens is 358 g/mol. The molecule has 0 radical (unpaired) electrons. The number of ether oxygens (including phenoxy) is 2. The van der Waals surface area contributed by atoms with Crippen molar-refractivity contribution in [2.75, 3.05) is 6.61 Å². The lowest BCUT2D eigenvalue weighted by molar-refractivity contribution is -0.398. The maximum absolute atomic E-state index is 12.5. The zero-order valence-electron chi connectivity index (χ0n) is 15.3. The molecule has 146 valence electrons. The first-order valence-electron chi connectivity index (χ1n) is 8.27. The lowest BCUT2D eigenvalue weighted by Gasteiger charge is -2.29. The van der Waals surface area contributed by atoms with Gasteiger partial charge in [0.05, 0.1) is 29.2 Å². The molecule has 10 heteroatoms. The Labute approximate surface area is 155 Å². The number of benzene rings is 1. The van der Waals surface area contributed by atoms with Gasteiger partial charge >= 0.3 is 12.0 Å². The van der Waals surface area contributed by atoms with Crippen LogP contribution in [0.3, 0.4) is 0 Å². The molecule has 1 aromatic rings. The molecule has 0 aromatic heterocycles. The van der Waals surface area contributed by atoms with Crippen LogP contribution in [-0.4, -0.2) is 29.6 Å². The highest BCUT2D eigenvalue weighted by molar-refractivity contribution is 5.95. The van der Waals surface area contributed by atoms with Crippen LogP contribution in [0.25, 0.3) is 0 Å². The minimum atomic E-state index is -1.04. The second-order valence-corrected chi connectivity index (χ2v) is 6.08. The maximum Gasteiger partial charge on any atom is 0.338 e. The molecule has 2 N–H and O–H groups in total. The first-order chi connectivity index (χ1) is 12.6. The third-order valence-electron chi connectivity index (χ3n) is 3.72. The Bertz CT molecular complexity index is 817. The van der Waals surface area contributed by atoms with E-state index in [1.807, 2.05) is 0 Å². The second kappa shape index (κ2) is 7.94. The number of nitro benzene ring substituents is 1. The van der Waals surface area contributed by atoms with E-state index in [-0.39, 0.29) is 29.2 Å². The SMILES string of the molecule is CCOc1cc([C@@H]2NC(=O)NC(C)=C2C(=O)OC(C)C)cc([N+](=O)[O-])c1[O-]. The predicted molar refractivity (Wildman–Crippen MR) is 92.0 cm³/mol. The molecule has 10 nitrogen and oxygen atoms in total. The van der Waals surface area contributed by atoms with Crippen molar-refractivity contribution >= 4 is 17.7 Å². The van der Waals surface area contributed by atoms with Gasteiger partial charge in [-0.25, -0.2) is 9.59 Å². The number of carbonyl (C=O) groups excluding carboxylic acids is 2. The number of nitrogens with zero attached hydrogens (tertiary/aromatic N) is 1. The van der Waals surface area contributed by atoms with E-state index in [1.165, 1.54) is 13.0 Å². The Kier molecular flexibility index (Phi) is 5.88. The van der Waals surface area contributed by atoms with Crippen LogP contribution in [-0.2, 0) is 9.53 Å². The number of hydrogen-bond donors (Lipinski definition) is 2. The van der Waals surface area contributed by atoms with Crippen LogP contribution in [0.5, 0.6) is 11.5 Å². The molecule has 1 aromatic carbocycles. The van der Waals surface area contributed by atoms with E-state index in [2.05, 4.69) is 10.6 Å². The molecule has 0 bridgehead atoms. The molecule has 1 aliphatic rings. The summed E-state index contributed by atoms with van der Waals surface area (Å²) in [4.78, 5) is 34.8. The molecule has 1 heterocycles. The number of rotatable bonds is 6. The van der Waals surface area contributed by atoms with Crippen LogP contribution in [0.4, 0.5) is 10.5 Å². The monoisotopic (exact) mass is 378 g/mol. The average molecular weight is 378 g/mol. The van der Waals surface area contributed by atoms with Crippen molar-refractivity contribution in [1.82, 2.24) is 10.6 Å². The van der Waals surface area contributed by atoms with Gasteiger partial charge in [0.25, 0.3) is 5.69 Å². The molecule has 0 fully saturated rings. The van der Waals surface area contributed by atoms with Crippen LogP contribution < -0.4 is 20.5 Å². The zero-order valence-corrected chi connectivity index (χ0v) is 15.3. The van der Waals surface area contributed by atoms with Gasteiger partial charge in [-0.05, 0) is 39.3 Å². The summed E-state index contributed by atoms with van der Waals surface area (Å²) in [6.07, 6.45) is -0.409. The molecule has 1 aliphatic heterocycles. The molecule has 1 atom stereocenters. The van der Waals surface area contributed by atoms with Gasteiger partial charge in [-0.2, -0.15) is 0 Å². The number of esters is 1. The number of nitrogens with one attached hydrogen (secondary N) is 2. The van der Waals surface area contributed by atoms with Gasteiger partial charge in [0.15, 0.2) is 0 Å². The topological polar surface area (TPSA) is 143 Å². The van der Waals surface area contributed by atoms with E-state index in [0.717, 1.165) is 6.07 Å². The first kappa shape index (κ1) is 20.0. The molecule has 2 amide bonds. The van der Waals surface area contributed by atoms with E-state index >= 15 is 0 Å². The van der Waals surface area contributed by atoms with E-state index in [0.29, 0.717) is 0 Å². The van der Waals surface area contributed by atoms with Crippen LogP contribution in [0, 0.1) is 10.1 Å². The quantitative estimate of drug-likeness (QED) is 0.435. The highest BCUT2D eigenvalue weighted by Gasteiger charge is 2.34. The van der Waals surface area contributed by atoms with Crippen molar-refractivity contribution in [2.24, 2.45) is 0 Å². The summed E-state index contributed by atoms with van der Waals surface area (Å²) in [6, 6.07) is 0.677. The Morgan fingerprint density at radius 3 is 2.59 bits per heavy atom. The summed E-state index contributed by atoms with van der Waals surface area (Å²) in [6.45, 7) is 6.59. The lowest BCUT2D eigenvalue weighted by Crippen LogP contribution is -2.45. The van der Waals surface area contributed by atoms with Gasteiger partial charge in [0.1, 0.15) is 5.75 Å². The fourth-order valence-corrected chi connectivity index (χ4v) is 2.67. The molecular formula is C17H20N3O7-. The van der Waals surface area contributed by atoms with Crippen molar-refractivity contribution < 1.29 is 29.1 Å². The largest absolute Gasteiger partial charge is 0.865 e. The van der Waals surface area contributed by atoms with Crippen LogP contribution in [0.1, 0.15) is 39.3 Å². The Hall–Kier alpha value is -3.30. The molecule has 27 heavy (non-hydrogen) atoms.